The van der Waals surface area contributed by atoms with E-state index < -0.39 is 23.8 Å². The van der Waals surface area contributed by atoms with Crippen molar-refractivity contribution in [1.82, 2.24) is 9.80 Å². The van der Waals surface area contributed by atoms with Crippen LogP contribution >= 0.6 is 0 Å². The molecule has 2 atom stereocenters. The zero-order valence-electron chi connectivity index (χ0n) is 16.5. The molecular weight excluding hydrogens is 360 g/mol. The lowest BCUT2D eigenvalue weighted by Crippen LogP contribution is -2.49. The fraction of sp³-hybridized carbons (Fsp3) is 0.524. The number of hydrogen-bond acceptors (Lipinski definition) is 5. The van der Waals surface area contributed by atoms with Crippen LogP contribution in [0.2, 0.25) is 0 Å². The number of nitrogens with zero attached hydrogens (tertiary/aromatic N) is 2. The van der Waals surface area contributed by atoms with E-state index in [-0.39, 0.29) is 29.6 Å². The molecule has 3 rings (SSSR count). The van der Waals surface area contributed by atoms with E-state index in [1.165, 1.54) is 0 Å². The van der Waals surface area contributed by atoms with Crippen LogP contribution in [0.5, 0.6) is 0 Å². The monoisotopic (exact) mass is 386 g/mol. The molecule has 0 bridgehead atoms. The largest absolute Gasteiger partial charge is 0.454 e. The number of amides is 3. The highest BCUT2D eigenvalue weighted by atomic mass is 16.5. The van der Waals surface area contributed by atoms with E-state index in [1.807, 2.05) is 0 Å². The normalized spacial score (nSPS) is 20.4. The van der Waals surface area contributed by atoms with Crippen LogP contribution in [0.15, 0.2) is 24.3 Å². The van der Waals surface area contributed by atoms with Gasteiger partial charge in [0.2, 0.25) is 0 Å². The average molecular weight is 386 g/mol. The number of piperidine rings is 1. The fourth-order valence-corrected chi connectivity index (χ4v) is 3.86. The molecule has 1 saturated heterocycles. The number of carbonyl (C=O) groups is 4. The van der Waals surface area contributed by atoms with Crippen molar-refractivity contribution in [2.45, 2.75) is 39.7 Å². The molecule has 3 amide bonds. The summed E-state index contributed by atoms with van der Waals surface area (Å²) in [5.41, 5.74) is 0.564. The first-order chi connectivity index (χ1) is 13.3. The molecule has 0 aromatic heterocycles. The molecule has 1 aromatic carbocycles. The molecule has 0 saturated carbocycles. The maximum Gasteiger partial charge on any atom is 0.330 e. The van der Waals surface area contributed by atoms with E-state index in [0.29, 0.717) is 19.0 Å². The lowest BCUT2D eigenvalue weighted by Gasteiger charge is -2.31. The number of esters is 1. The van der Waals surface area contributed by atoms with Crippen LogP contribution in [0.1, 0.15) is 54.3 Å². The molecule has 1 aromatic rings. The second-order valence-corrected chi connectivity index (χ2v) is 7.91. The number of hydrogen-bond donors (Lipinski definition) is 0. The third-order valence-electron chi connectivity index (χ3n) is 5.32. The molecule has 0 spiro atoms. The summed E-state index contributed by atoms with van der Waals surface area (Å²) in [6, 6.07) is 5.42. The Morgan fingerprint density at radius 2 is 1.75 bits per heavy atom. The average Bonchev–Trinajstić information content (AvgIpc) is 2.91. The van der Waals surface area contributed by atoms with Gasteiger partial charge in [-0.1, -0.05) is 32.9 Å². The molecule has 0 radical (unpaired) electrons. The first-order valence-corrected chi connectivity index (χ1v) is 9.72. The minimum atomic E-state index is -1.07. The summed E-state index contributed by atoms with van der Waals surface area (Å²) in [5.74, 6) is -1.91. The van der Waals surface area contributed by atoms with Gasteiger partial charge >= 0.3 is 5.97 Å². The van der Waals surface area contributed by atoms with E-state index in [1.54, 1.807) is 43.0 Å². The summed E-state index contributed by atoms with van der Waals surface area (Å²) >= 11 is 0. The van der Waals surface area contributed by atoms with Gasteiger partial charge in [0.1, 0.15) is 6.04 Å². The van der Waals surface area contributed by atoms with Gasteiger partial charge < -0.3 is 9.64 Å². The van der Waals surface area contributed by atoms with Gasteiger partial charge in [-0.2, -0.15) is 0 Å². The maximum absolute atomic E-state index is 12.7. The zero-order chi connectivity index (χ0) is 20.4. The van der Waals surface area contributed by atoms with Crippen LogP contribution in [0.3, 0.4) is 0 Å². The number of benzene rings is 1. The van der Waals surface area contributed by atoms with Gasteiger partial charge in [-0.05, 0) is 36.8 Å². The molecule has 1 fully saturated rings. The molecule has 2 unspecified atom stereocenters. The van der Waals surface area contributed by atoms with Crippen LogP contribution in [-0.2, 0) is 14.3 Å². The van der Waals surface area contributed by atoms with Crippen LogP contribution in [0, 0.1) is 11.8 Å². The van der Waals surface area contributed by atoms with Crippen molar-refractivity contribution in [3.05, 3.63) is 35.4 Å². The SMILES string of the molecule is CC1CCCN(C(=O)COC(=O)C(C(C)C)N2C(=O)c3ccccc3C2=O)C1. The maximum atomic E-state index is 12.7. The Balaban J connectivity index is 1.69. The lowest BCUT2D eigenvalue weighted by atomic mass is 10.0. The Kier molecular flexibility index (Phi) is 5.82. The van der Waals surface area contributed by atoms with Crippen LogP contribution in [0.25, 0.3) is 0 Å². The van der Waals surface area contributed by atoms with Gasteiger partial charge in [-0.3, -0.25) is 19.3 Å². The van der Waals surface area contributed by atoms with E-state index >= 15 is 0 Å². The highest BCUT2D eigenvalue weighted by Crippen LogP contribution is 2.27. The summed E-state index contributed by atoms with van der Waals surface area (Å²) in [5, 5.41) is 0. The fourth-order valence-electron chi connectivity index (χ4n) is 3.86. The summed E-state index contributed by atoms with van der Waals surface area (Å²) in [6.07, 6.45) is 2.02. The van der Waals surface area contributed by atoms with Crippen LogP contribution in [0.4, 0.5) is 0 Å². The number of fused-ring (bicyclic) bond motifs is 1. The highest BCUT2D eigenvalue weighted by Gasteiger charge is 2.44. The number of imide groups is 1. The Morgan fingerprint density at radius 3 is 2.29 bits per heavy atom. The first-order valence-electron chi connectivity index (χ1n) is 9.72. The molecule has 7 heteroatoms. The Labute approximate surface area is 164 Å². The van der Waals surface area contributed by atoms with Gasteiger partial charge in [0, 0.05) is 13.1 Å². The third kappa shape index (κ3) is 3.79. The van der Waals surface area contributed by atoms with Gasteiger partial charge in [0.05, 0.1) is 11.1 Å². The van der Waals surface area contributed by atoms with Gasteiger partial charge in [0.15, 0.2) is 6.61 Å². The summed E-state index contributed by atoms with van der Waals surface area (Å²) in [4.78, 5) is 53.2. The predicted octanol–water partition coefficient (Wildman–Crippen LogP) is 2.11. The second kappa shape index (κ2) is 8.12. The molecule has 2 heterocycles. The van der Waals surface area contributed by atoms with E-state index in [9.17, 15) is 19.2 Å². The number of ether oxygens (including phenoxy) is 1. The Bertz CT molecular complexity index is 769. The van der Waals surface area contributed by atoms with E-state index in [2.05, 4.69) is 6.92 Å². The zero-order valence-corrected chi connectivity index (χ0v) is 16.5. The van der Waals surface area contributed by atoms with Crippen molar-refractivity contribution >= 4 is 23.7 Å². The smallest absolute Gasteiger partial charge is 0.330 e. The first kappa shape index (κ1) is 20.0. The van der Waals surface area contributed by atoms with Crippen molar-refractivity contribution in [3.8, 4) is 0 Å². The predicted molar refractivity (Wildman–Crippen MR) is 102 cm³/mol. The number of likely N-dealkylation sites (tertiary alicyclic amines) is 1. The van der Waals surface area contributed by atoms with Crippen LogP contribution in [-0.4, -0.2) is 59.2 Å². The van der Waals surface area contributed by atoms with Crippen molar-refractivity contribution in [2.24, 2.45) is 11.8 Å². The molecule has 2 aliphatic heterocycles. The van der Waals surface area contributed by atoms with Gasteiger partial charge in [-0.15, -0.1) is 0 Å². The third-order valence-corrected chi connectivity index (χ3v) is 5.32. The number of carbonyl (C=O) groups excluding carboxylic acids is 4. The molecule has 0 N–H and O–H groups in total. The molecule has 0 aliphatic carbocycles. The van der Waals surface area contributed by atoms with E-state index in [0.717, 1.165) is 17.7 Å². The van der Waals surface area contributed by atoms with Crippen molar-refractivity contribution in [2.75, 3.05) is 19.7 Å². The molecular formula is C21H26N2O5. The van der Waals surface area contributed by atoms with Crippen molar-refractivity contribution < 1.29 is 23.9 Å². The van der Waals surface area contributed by atoms with Crippen molar-refractivity contribution in [1.29, 1.82) is 0 Å². The minimum Gasteiger partial charge on any atom is -0.454 e. The van der Waals surface area contributed by atoms with Crippen molar-refractivity contribution in [3.63, 3.8) is 0 Å². The highest BCUT2D eigenvalue weighted by molar-refractivity contribution is 6.22. The molecule has 2 aliphatic rings. The standard InChI is InChI=1S/C21H26N2O5/c1-13(2)18(23-19(25)15-8-4-5-9-16(15)20(23)26)21(27)28-12-17(24)22-10-6-7-14(3)11-22/h4-5,8-9,13-14,18H,6-7,10-12H2,1-3H3. The summed E-state index contributed by atoms with van der Waals surface area (Å²) in [6.45, 7) is 6.50. The molecule has 7 nitrogen and oxygen atoms in total. The van der Waals surface area contributed by atoms with Gasteiger partial charge in [0.25, 0.3) is 17.7 Å². The van der Waals surface area contributed by atoms with Crippen LogP contribution < -0.4 is 0 Å². The second-order valence-electron chi connectivity index (χ2n) is 7.91. The van der Waals surface area contributed by atoms with E-state index in [4.69, 9.17) is 4.74 Å². The molecule has 150 valence electrons. The number of rotatable bonds is 5. The van der Waals surface area contributed by atoms with Gasteiger partial charge in [-0.25, -0.2) is 4.79 Å². The topological polar surface area (TPSA) is 84.0 Å². The Morgan fingerprint density at radius 1 is 1.14 bits per heavy atom. The summed E-state index contributed by atoms with van der Waals surface area (Å²) < 4.78 is 5.25. The minimum absolute atomic E-state index is 0.246. The summed E-state index contributed by atoms with van der Waals surface area (Å²) in [7, 11) is 0. The quantitative estimate of drug-likeness (QED) is 0.572. The molecule has 28 heavy (non-hydrogen) atoms. The Hall–Kier alpha value is -2.70. The lowest BCUT2D eigenvalue weighted by molar-refractivity contribution is -0.157.